The first kappa shape index (κ1) is 12.9. The summed E-state index contributed by atoms with van der Waals surface area (Å²) in [4.78, 5) is 13.2. The van der Waals surface area contributed by atoms with Gasteiger partial charge in [0.15, 0.2) is 0 Å². The van der Waals surface area contributed by atoms with E-state index in [0.29, 0.717) is 22.8 Å². The van der Waals surface area contributed by atoms with Gasteiger partial charge in [0.1, 0.15) is 0 Å². The van der Waals surface area contributed by atoms with E-state index < -0.39 is 0 Å². The zero-order valence-corrected chi connectivity index (χ0v) is 11.4. The van der Waals surface area contributed by atoms with Crippen molar-refractivity contribution in [3.63, 3.8) is 0 Å². The molecule has 1 aromatic heterocycles. The van der Waals surface area contributed by atoms with Crippen molar-refractivity contribution in [1.29, 1.82) is 0 Å². The average molecular weight is 281 g/mol. The monoisotopic (exact) mass is 280 g/mol. The van der Waals surface area contributed by atoms with Crippen LogP contribution in [-0.4, -0.2) is 5.91 Å². The third-order valence-electron chi connectivity index (χ3n) is 2.65. The zero-order valence-electron chi connectivity index (χ0n) is 9.87. The first-order valence-corrected chi connectivity index (χ1v) is 6.70. The summed E-state index contributed by atoms with van der Waals surface area (Å²) in [7, 11) is 0. The van der Waals surface area contributed by atoms with Crippen LogP contribution in [0.25, 0.3) is 0 Å². The van der Waals surface area contributed by atoms with Crippen molar-refractivity contribution in [3.05, 3.63) is 50.7 Å². The van der Waals surface area contributed by atoms with Crippen LogP contribution >= 0.6 is 22.9 Å². The summed E-state index contributed by atoms with van der Waals surface area (Å²) in [6, 6.07) is 7.06. The van der Waals surface area contributed by atoms with E-state index in [1.54, 1.807) is 29.5 Å². The van der Waals surface area contributed by atoms with Crippen LogP contribution < -0.4 is 11.1 Å². The van der Waals surface area contributed by atoms with Gasteiger partial charge in [-0.3, -0.25) is 4.79 Å². The van der Waals surface area contributed by atoms with E-state index in [1.807, 2.05) is 18.4 Å². The van der Waals surface area contributed by atoms with Crippen molar-refractivity contribution < 1.29 is 4.79 Å². The highest BCUT2D eigenvalue weighted by atomic mass is 35.5. The number of anilines is 1. The fraction of sp³-hybridized carbons (Fsp3) is 0.154. The van der Waals surface area contributed by atoms with E-state index in [0.717, 1.165) is 4.88 Å². The molecule has 2 aromatic rings. The number of hydrogen-bond acceptors (Lipinski definition) is 3. The van der Waals surface area contributed by atoms with Gasteiger partial charge in [-0.2, -0.15) is 0 Å². The Hall–Kier alpha value is -1.52. The SMILES string of the molecule is Cc1ccsc1CNC(=O)c1c(N)cccc1Cl. The Kier molecular flexibility index (Phi) is 3.89. The molecular formula is C13H13ClN2OS. The number of hydrogen-bond donors (Lipinski definition) is 2. The Bertz CT molecular complexity index is 560. The highest BCUT2D eigenvalue weighted by Gasteiger charge is 2.13. The maximum absolute atomic E-state index is 12.0. The minimum absolute atomic E-state index is 0.245. The molecule has 1 amide bonds. The summed E-state index contributed by atoms with van der Waals surface area (Å²) in [6.07, 6.45) is 0. The molecule has 0 aliphatic rings. The smallest absolute Gasteiger partial charge is 0.255 e. The lowest BCUT2D eigenvalue weighted by molar-refractivity contribution is 0.0952. The summed E-state index contributed by atoms with van der Waals surface area (Å²) < 4.78 is 0. The highest BCUT2D eigenvalue weighted by Crippen LogP contribution is 2.22. The summed E-state index contributed by atoms with van der Waals surface area (Å²) in [5.41, 5.74) is 7.66. The van der Waals surface area contributed by atoms with Crippen molar-refractivity contribution in [3.8, 4) is 0 Å². The molecule has 1 heterocycles. The molecule has 0 unspecified atom stereocenters. The van der Waals surface area contributed by atoms with Gasteiger partial charge in [0.05, 0.1) is 17.1 Å². The van der Waals surface area contributed by atoms with Crippen LogP contribution in [0.4, 0.5) is 5.69 Å². The normalized spacial score (nSPS) is 10.3. The number of carbonyl (C=O) groups excluding carboxylic acids is 1. The van der Waals surface area contributed by atoms with E-state index in [4.69, 9.17) is 17.3 Å². The third kappa shape index (κ3) is 2.66. The Morgan fingerprint density at radius 3 is 2.83 bits per heavy atom. The van der Waals surface area contributed by atoms with Crippen molar-refractivity contribution in [2.75, 3.05) is 5.73 Å². The lowest BCUT2D eigenvalue weighted by Gasteiger charge is -2.08. The number of nitrogens with two attached hydrogens (primary N) is 1. The quantitative estimate of drug-likeness (QED) is 0.848. The minimum atomic E-state index is -0.245. The van der Waals surface area contributed by atoms with Gasteiger partial charge in [0.2, 0.25) is 0 Å². The number of benzene rings is 1. The van der Waals surface area contributed by atoms with Gasteiger partial charge in [-0.25, -0.2) is 0 Å². The molecule has 1 aromatic carbocycles. The van der Waals surface area contributed by atoms with Crippen LogP contribution in [0.3, 0.4) is 0 Å². The van der Waals surface area contributed by atoms with Crippen LogP contribution in [0.5, 0.6) is 0 Å². The molecule has 0 aliphatic heterocycles. The fourth-order valence-corrected chi connectivity index (χ4v) is 2.73. The fourth-order valence-electron chi connectivity index (χ4n) is 1.61. The molecule has 0 spiro atoms. The number of carbonyl (C=O) groups is 1. The summed E-state index contributed by atoms with van der Waals surface area (Å²) in [5, 5.41) is 5.20. The van der Waals surface area contributed by atoms with Crippen LogP contribution in [0.15, 0.2) is 29.6 Å². The summed E-state index contributed by atoms with van der Waals surface area (Å²) in [5.74, 6) is -0.245. The molecule has 3 nitrogen and oxygen atoms in total. The minimum Gasteiger partial charge on any atom is -0.398 e. The molecular weight excluding hydrogens is 268 g/mol. The molecule has 0 fully saturated rings. The average Bonchev–Trinajstić information content (AvgIpc) is 2.72. The van der Waals surface area contributed by atoms with E-state index >= 15 is 0 Å². The van der Waals surface area contributed by atoms with Crippen molar-refractivity contribution in [1.82, 2.24) is 5.32 Å². The lowest BCUT2D eigenvalue weighted by Crippen LogP contribution is -2.24. The molecule has 18 heavy (non-hydrogen) atoms. The van der Waals surface area contributed by atoms with E-state index in [2.05, 4.69) is 5.32 Å². The van der Waals surface area contributed by atoms with E-state index in [1.165, 1.54) is 5.56 Å². The molecule has 94 valence electrons. The predicted octanol–water partition coefficient (Wildman–Crippen LogP) is 3.22. The molecule has 0 bridgehead atoms. The number of nitrogens with one attached hydrogen (secondary N) is 1. The number of halogens is 1. The maximum Gasteiger partial charge on any atom is 0.255 e. The lowest BCUT2D eigenvalue weighted by atomic mass is 10.1. The Balaban J connectivity index is 2.11. The number of nitrogen functional groups attached to an aromatic ring is 1. The van der Waals surface area contributed by atoms with Gasteiger partial charge in [0, 0.05) is 10.6 Å². The van der Waals surface area contributed by atoms with Gasteiger partial charge >= 0.3 is 0 Å². The third-order valence-corrected chi connectivity index (χ3v) is 3.99. The van der Waals surface area contributed by atoms with E-state index in [9.17, 15) is 4.79 Å². The standard InChI is InChI=1S/C13H13ClN2OS/c1-8-5-6-18-11(8)7-16-13(17)12-9(14)3-2-4-10(12)15/h2-6H,7,15H2,1H3,(H,16,17). The largest absolute Gasteiger partial charge is 0.398 e. The molecule has 3 N–H and O–H groups in total. The number of amides is 1. The van der Waals surface area contributed by atoms with Gasteiger partial charge in [0.25, 0.3) is 5.91 Å². The van der Waals surface area contributed by atoms with Crippen molar-refractivity contribution in [2.45, 2.75) is 13.5 Å². The molecule has 5 heteroatoms. The molecule has 0 aliphatic carbocycles. The zero-order chi connectivity index (χ0) is 13.1. The van der Waals surface area contributed by atoms with Gasteiger partial charge in [-0.05, 0) is 36.1 Å². The second-order valence-corrected chi connectivity index (χ2v) is 5.32. The number of thiophene rings is 1. The Morgan fingerprint density at radius 1 is 1.44 bits per heavy atom. The van der Waals surface area contributed by atoms with Crippen LogP contribution in [0.1, 0.15) is 20.8 Å². The summed E-state index contributed by atoms with van der Waals surface area (Å²) in [6.45, 7) is 2.51. The second-order valence-electron chi connectivity index (χ2n) is 3.91. The molecule has 0 saturated heterocycles. The molecule has 0 atom stereocenters. The molecule has 2 rings (SSSR count). The first-order valence-electron chi connectivity index (χ1n) is 5.44. The van der Waals surface area contributed by atoms with Crippen LogP contribution in [-0.2, 0) is 6.54 Å². The van der Waals surface area contributed by atoms with Gasteiger partial charge in [-0.15, -0.1) is 11.3 Å². The molecule has 0 saturated carbocycles. The van der Waals surface area contributed by atoms with Gasteiger partial charge < -0.3 is 11.1 Å². The topological polar surface area (TPSA) is 55.1 Å². The van der Waals surface area contributed by atoms with Crippen LogP contribution in [0.2, 0.25) is 5.02 Å². The highest BCUT2D eigenvalue weighted by molar-refractivity contribution is 7.10. The van der Waals surface area contributed by atoms with Crippen LogP contribution in [0, 0.1) is 6.92 Å². The first-order chi connectivity index (χ1) is 8.59. The van der Waals surface area contributed by atoms with Crippen molar-refractivity contribution in [2.24, 2.45) is 0 Å². The summed E-state index contributed by atoms with van der Waals surface area (Å²) >= 11 is 7.59. The van der Waals surface area contributed by atoms with E-state index in [-0.39, 0.29) is 5.91 Å². The maximum atomic E-state index is 12.0. The molecule has 0 radical (unpaired) electrons. The Labute approximate surface area is 115 Å². The van der Waals surface area contributed by atoms with Gasteiger partial charge in [-0.1, -0.05) is 17.7 Å². The number of rotatable bonds is 3. The second kappa shape index (κ2) is 5.42. The predicted molar refractivity (Wildman–Crippen MR) is 76.1 cm³/mol. The number of aryl methyl sites for hydroxylation is 1. The van der Waals surface area contributed by atoms with Crippen molar-refractivity contribution >= 4 is 34.5 Å². The Morgan fingerprint density at radius 2 is 2.22 bits per heavy atom.